The zero-order valence-corrected chi connectivity index (χ0v) is 15.7. The van der Waals surface area contributed by atoms with Gasteiger partial charge in [0.2, 0.25) is 5.91 Å². The zero-order valence-electron chi connectivity index (χ0n) is 15.0. The summed E-state index contributed by atoms with van der Waals surface area (Å²) in [5.41, 5.74) is 0.545. The number of hydrogen-bond acceptors (Lipinski definition) is 4. The van der Waals surface area contributed by atoms with E-state index in [1.54, 1.807) is 18.2 Å². The van der Waals surface area contributed by atoms with Crippen molar-refractivity contribution in [3.63, 3.8) is 0 Å². The second kappa shape index (κ2) is 9.78. The van der Waals surface area contributed by atoms with E-state index < -0.39 is 11.7 Å². The molecule has 2 N–H and O–H groups in total. The minimum Gasteiger partial charge on any atom is -0.493 e. The van der Waals surface area contributed by atoms with E-state index in [2.05, 4.69) is 10.6 Å². The van der Waals surface area contributed by atoms with E-state index in [1.165, 1.54) is 26.4 Å². The van der Waals surface area contributed by atoms with Crippen LogP contribution in [-0.2, 0) is 11.2 Å². The summed E-state index contributed by atoms with van der Waals surface area (Å²) < 4.78 is 24.0. The third-order valence-corrected chi connectivity index (χ3v) is 4.05. The molecule has 2 aromatic carbocycles. The Kier molecular flexibility index (Phi) is 7.43. The number of hydrogen-bond donors (Lipinski definition) is 2. The Hall–Kier alpha value is -2.80. The van der Waals surface area contributed by atoms with Crippen molar-refractivity contribution in [2.75, 3.05) is 27.3 Å². The van der Waals surface area contributed by atoms with Crippen molar-refractivity contribution in [3.05, 3.63) is 58.4 Å². The number of carbonyl (C=O) groups is 2. The highest BCUT2D eigenvalue weighted by Gasteiger charge is 2.15. The highest BCUT2D eigenvalue weighted by molar-refractivity contribution is 6.33. The number of nitrogens with one attached hydrogen (secondary N) is 2. The number of ether oxygens (including phenoxy) is 2. The topological polar surface area (TPSA) is 76.7 Å². The van der Waals surface area contributed by atoms with Gasteiger partial charge >= 0.3 is 0 Å². The largest absolute Gasteiger partial charge is 0.493 e. The molecule has 2 aromatic rings. The molecule has 0 aromatic heterocycles. The molecule has 0 aliphatic heterocycles. The Labute approximate surface area is 161 Å². The minimum absolute atomic E-state index is 0.0324. The van der Waals surface area contributed by atoms with Gasteiger partial charge < -0.3 is 20.1 Å². The lowest BCUT2D eigenvalue weighted by molar-refractivity contribution is -0.120. The van der Waals surface area contributed by atoms with Gasteiger partial charge in [-0.3, -0.25) is 9.59 Å². The molecule has 0 spiro atoms. The Morgan fingerprint density at radius 3 is 2.41 bits per heavy atom. The van der Waals surface area contributed by atoms with Gasteiger partial charge in [0.1, 0.15) is 5.82 Å². The fourth-order valence-corrected chi connectivity index (χ4v) is 2.67. The maximum absolute atomic E-state index is 13.7. The quantitative estimate of drug-likeness (QED) is 0.675. The second-order valence-corrected chi connectivity index (χ2v) is 5.98. The molecule has 2 rings (SSSR count). The van der Waals surface area contributed by atoms with Crippen LogP contribution in [0, 0.1) is 5.82 Å². The van der Waals surface area contributed by atoms with Crippen LogP contribution >= 0.6 is 11.6 Å². The standard InChI is InChI=1S/C19H20ClFN2O4/c1-26-15-7-6-12(10-16(15)27-2)11-17(24)22-8-9-23-19(25)18-13(20)4-3-5-14(18)21/h3-7,10H,8-9,11H2,1-2H3,(H,22,24)(H,23,25). The predicted molar refractivity (Wildman–Crippen MR) is 100 cm³/mol. The summed E-state index contributed by atoms with van der Waals surface area (Å²) in [4.78, 5) is 24.0. The molecule has 0 saturated carbocycles. The van der Waals surface area contributed by atoms with Gasteiger partial charge in [0.25, 0.3) is 5.91 Å². The molecule has 0 heterocycles. The Bertz CT molecular complexity index is 809. The lowest BCUT2D eigenvalue weighted by atomic mass is 10.1. The molecule has 0 aliphatic carbocycles. The maximum atomic E-state index is 13.7. The first-order valence-electron chi connectivity index (χ1n) is 8.16. The molecule has 0 aliphatic rings. The van der Waals surface area contributed by atoms with Crippen LogP contribution in [0.15, 0.2) is 36.4 Å². The molecule has 0 radical (unpaired) electrons. The highest BCUT2D eigenvalue weighted by Crippen LogP contribution is 2.27. The third-order valence-electron chi connectivity index (χ3n) is 3.74. The first kappa shape index (κ1) is 20.5. The summed E-state index contributed by atoms with van der Waals surface area (Å²) in [5, 5.41) is 5.23. The van der Waals surface area contributed by atoms with Gasteiger partial charge in [-0.15, -0.1) is 0 Å². The zero-order chi connectivity index (χ0) is 19.8. The molecule has 27 heavy (non-hydrogen) atoms. The first-order chi connectivity index (χ1) is 13.0. The van der Waals surface area contributed by atoms with E-state index in [1.807, 2.05) is 0 Å². The van der Waals surface area contributed by atoms with Gasteiger partial charge in [-0.25, -0.2) is 4.39 Å². The molecule has 0 fully saturated rings. The average molecular weight is 395 g/mol. The van der Waals surface area contributed by atoms with Gasteiger partial charge in [-0.2, -0.15) is 0 Å². The van der Waals surface area contributed by atoms with Gasteiger partial charge in [0.05, 0.1) is 31.2 Å². The van der Waals surface area contributed by atoms with E-state index in [4.69, 9.17) is 21.1 Å². The van der Waals surface area contributed by atoms with Crippen molar-refractivity contribution in [1.82, 2.24) is 10.6 Å². The molecular formula is C19H20ClFN2O4. The third kappa shape index (κ3) is 5.59. The number of methoxy groups -OCH3 is 2. The maximum Gasteiger partial charge on any atom is 0.255 e. The normalized spacial score (nSPS) is 10.2. The summed E-state index contributed by atoms with van der Waals surface area (Å²) in [7, 11) is 3.05. The molecule has 0 bridgehead atoms. The van der Waals surface area contributed by atoms with E-state index >= 15 is 0 Å². The molecule has 0 unspecified atom stereocenters. The number of carbonyl (C=O) groups excluding carboxylic acids is 2. The van der Waals surface area contributed by atoms with Gasteiger partial charge in [0, 0.05) is 13.1 Å². The van der Waals surface area contributed by atoms with Crippen molar-refractivity contribution in [2.45, 2.75) is 6.42 Å². The molecule has 2 amide bonds. The Morgan fingerprint density at radius 1 is 1.04 bits per heavy atom. The number of benzene rings is 2. The summed E-state index contributed by atoms with van der Waals surface area (Å²) >= 11 is 5.83. The summed E-state index contributed by atoms with van der Waals surface area (Å²) in [6.07, 6.45) is 0.146. The summed E-state index contributed by atoms with van der Waals surface area (Å²) in [6, 6.07) is 9.22. The first-order valence-corrected chi connectivity index (χ1v) is 8.54. The fraction of sp³-hybridized carbons (Fsp3) is 0.263. The molecule has 8 heteroatoms. The van der Waals surface area contributed by atoms with E-state index in [-0.39, 0.29) is 36.0 Å². The van der Waals surface area contributed by atoms with Crippen LogP contribution < -0.4 is 20.1 Å². The molecule has 6 nitrogen and oxygen atoms in total. The molecule has 0 saturated heterocycles. The Balaban J connectivity index is 1.80. The van der Waals surface area contributed by atoms with Crippen LogP contribution in [0.3, 0.4) is 0 Å². The van der Waals surface area contributed by atoms with Crippen molar-refractivity contribution in [1.29, 1.82) is 0 Å². The second-order valence-electron chi connectivity index (χ2n) is 5.57. The summed E-state index contributed by atoms with van der Waals surface area (Å²) in [6.45, 7) is 0.338. The molecular weight excluding hydrogens is 375 g/mol. The summed E-state index contributed by atoms with van der Waals surface area (Å²) in [5.74, 6) is -0.432. The van der Waals surface area contributed by atoms with Crippen molar-refractivity contribution in [3.8, 4) is 11.5 Å². The monoisotopic (exact) mass is 394 g/mol. The minimum atomic E-state index is -0.697. The van der Waals surface area contributed by atoms with Crippen LogP contribution in [0.2, 0.25) is 5.02 Å². The lowest BCUT2D eigenvalue weighted by Crippen LogP contribution is -2.35. The smallest absolute Gasteiger partial charge is 0.255 e. The van der Waals surface area contributed by atoms with Crippen LogP contribution in [-0.4, -0.2) is 39.1 Å². The van der Waals surface area contributed by atoms with Crippen molar-refractivity contribution >= 4 is 23.4 Å². The highest BCUT2D eigenvalue weighted by atomic mass is 35.5. The lowest BCUT2D eigenvalue weighted by Gasteiger charge is -2.10. The number of amides is 2. The molecule has 144 valence electrons. The fourth-order valence-electron chi connectivity index (χ4n) is 2.42. The van der Waals surface area contributed by atoms with Gasteiger partial charge in [-0.1, -0.05) is 23.7 Å². The Morgan fingerprint density at radius 2 is 1.74 bits per heavy atom. The van der Waals surface area contributed by atoms with Crippen LogP contribution in [0.4, 0.5) is 4.39 Å². The van der Waals surface area contributed by atoms with Gasteiger partial charge in [-0.05, 0) is 29.8 Å². The van der Waals surface area contributed by atoms with Crippen LogP contribution in [0.25, 0.3) is 0 Å². The average Bonchev–Trinajstić information content (AvgIpc) is 2.65. The predicted octanol–water partition coefficient (Wildman–Crippen LogP) is 2.58. The van der Waals surface area contributed by atoms with E-state index in [0.717, 1.165) is 11.6 Å². The van der Waals surface area contributed by atoms with Crippen LogP contribution in [0.5, 0.6) is 11.5 Å². The SMILES string of the molecule is COc1ccc(CC(=O)NCCNC(=O)c2c(F)cccc2Cl)cc1OC. The van der Waals surface area contributed by atoms with Crippen molar-refractivity contribution < 1.29 is 23.5 Å². The van der Waals surface area contributed by atoms with E-state index in [9.17, 15) is 14.0 Å². The van der Waals surface area contributed by atoms with E-state index in [0.29, 0.717) is 11.5 Å². The van der Waals surface area contributed by atoms with Gasteiger partial charge in [0.15, 0.2) is 11.5 Å². The van der Waals surface area contributed by atoms with Crippen molar-refractivity contribution in [2.24, 2.45) is 0 Å². The van der Waals surface area contributed by atoms with Crippen LogP contribution in [0.1, 0.15) is 15.9 Å². The number of halogens is 2. The number of rotatable bonds is 8. The molecule has 0 atom stereocenters.